The van der Waals surface area contributed by atoms with Gasteiger partial charge in [-0.15, -0.1) is 11.8 Å². The molecule has 1 fully saturated rings. The van der Waals surface area contributed by atoms with Gasteiger partial charge in [0.25, 0.3) is 10.0 Å². The first kappa shape index (κ1) is 21.5. The topological polar surface area (TPSA) is 104 Å². The molecule has 1 aliphatic carbocycles. The smallest absolute Gasteiger partial charge is 0.313 e. The summed E-state index contributed by atoms with van der Waals surface area (Å²) in [5, 5.41) is 20.5. The van der Waals surface area contributed by atoms with Crippen LogP contribution in [0.2, 0.25) is 0 Å². The summed E-state index contributed by atoms with van der Waals surface area (Å²) in [7, 11) is -3.86. The Morgan fingerprint density at radius 3 is 2.32 bits per heavy atom. The summed E-state index contributed by atoms with van der Waals surface area (Å²) >= 11 is 0.938. The van der Waals surface area contributed by atoms with Crippen LogP contribution in [0.1, 0.15) is 37.2 Å². The number of thioether (sulfide) groups is 1. The SMILES string of the molecule is O=C(O)CSc1cc(NS(=O)(=O)c2ccc(C3CCCC3)cc2)c2ccccc2c1O. The number of rotatable bonds is 7. The Morgan fingerprint density at radius 1 is 1.03 bits per heavy atom. The van der Waals surface area contributed by atoms with Gasteiger partial charge in [-0.1, -0.05) is 49.2 Å². The number of carbonyl (C=O) groups is 1. The Morgan fingerprint density at radius 2 is 1.68 bits per heavy atom. The molecule has 0 atom stereocenters. The van der Waals surface area contributed by atoms with Crippen molar-refractivity contribution < 1.29 is 23.4 Å². The second-order valence-corrected chi connectivity index (χ2v) is 10.4. The second-order valence-electron chi connectivity index (χ2n) is 7.65. The highest BCUT2D eigenvalue weighted by Gasteiger charge is 2.21. The summed E-state index contributed by atoms with van der Waals surface area (Å²) in [5.41, 5.74) is 1.46. The molecule has 0 aromatic heterocycles. The summed E-state index contributed by atoms with van der Waals surface area (Å²) in [6.07, 6.45) is 4.70. The molecule has 31 heavy (non-hydrogen) atoms. The van der Waals surface area contributed by atoms with Gasteiger partial charge < -0.3 is 10.2 Å². The Hall–Kier alpha value is -2.71. The van der Waals surface area contributed by atoms with E-state index in [2.05, 4.69) is 4.72 Å². The normalized spacial score (nSPS) is 14.7. The van der Waals surface area contributed by atoms with Crippen LogP contribution in [-0.2, 0) is 14.8 Å². The van der Waals surface area contributed by atoms with Crippen molar-refractivity contribution in [2.45, 2.75) is 41.4 Å². The van der Waals surface area contributed by atoms with E-state index in [1.807, 2.05) is 12.1 Å². The minimum Gasteiger partial charge on any atom is -0.506 e. The average molecular weight is 458 g/mol. The van der Waals surface area contributed by atoms with Gasteiger partial charge in [-0.25, -0.2) is 8.42 Å². The monoisotopic (exact) mass is 457 g/mol. The minimum atomic E-state index is -3.86. The zero-order valence-corrected chi connectivity index (χ0v) is 18.4. The Kier molecular flexibility index (Phi) is 6.11. The number of hydrogen-bond donors (Lipinski definition) is 3. The molecule has 0 bridgehead atoms. The molecule has 3 aromatic rings. The van der Waals surface area contributed by atoms with Crippen molar-refractivity contribution in [2.75, 3.05) is 10.5 Å². The largest absolute Gasteiger partial charge is 0.506 e. The van der Waals surface area contributed by atoms with E-state index in [0.717, 1.165) is 24.6 Å². The lowest BCUT2D eigenvalue weighted by atomic mass is 9.98. The van der Waals surface area contributed by atoms with Crippen molar-refractivity contribution in [3.05, 3.63) is 60.2 Å². The van der Waals surface area contributed by atoms with Gasteiger partial charge in [0, 0.05) is 10.8 Å². The van der Waals surface area contributed by atoms with Crippen LogP contribution < -0.4 is 4.72 Å². The van der Waals surface area contributed by atoms with Gasteiger partial charge in [-0.2, -0.15) is 0 Å². The molecule has 0 radical (unpaired) electrons. The first-order valence-electron chi connectivity index (χ1n) is 10.1. The van der Waals surface area contributed by atoms with E-state index in [0.29, 0.717) is 27.3 Å². The van der Waals surface area contributed by atoms with Crippen molar-refractivity contribution in [1.82, 2.24) is 0 Å². The van der Waals surface area contributed by atoms with E-state index in [4.69, 9.17) is 5.11 Å². The molecule has 0 amide bonds. The van der Waals surface area contributed by atoms with Crippen molar-refractivity contribution in [1.29, 1.82) is 0 Å². The lowest BCUT2D eigenvalue weighted by Gasteiger charge is -2.15. The average Bonchev–Trinajstić information content (AvgIpc) is 3.30. The maximum Gasteiger partial charge on any atom is 0.313 e. The van der Waals surface area contributed by atoms with Crippen LogP contribution in [0.3, 0.4) is 0 Å². The maximum atomic E-state index is 13.1. The number of benzene rings is 3. The van der Waals surface area contributed by atoms with Crippen LogP contribution in [-0.4, -0.2) is 30.4 Å². The molecule has 162 valence electrons. The zero-order valence-electron chi connectivity index (χ0n) is 16.7. The van der Waals surface area contributed by atoms with Gasteiger partial charge in [0.05, 0.1) is 21.2 Å². The summed E-state index contributed by atoms with van der Waals surface area (Å²) in [6.45, 7) is 0. The lowest BCUT2D eigenvalue weighted by molar-refractivity contribution is -0.133. The summed E-state index contributed by atoms with van der Waals surface area (Å²) in [6, 6.07) is 15.4. The summed E-state index contributed by atoms with van der Waals surface area (Å²) in [5.74, 6) is -0.840. The van der Waals surface area contributed by atoms with Crippen molar-refractivity contribution in [3.63, 3.8) is 0 Å². The van der Waals surface area contributed by atoms with E-state index in [9.17, 15) is 18.3 Å². The number of carboxylic acid groups (broad SMARTS) is 1. The molecule has 8 heteroatoms. The molecule has 1 saturated carbocycles. The second kappa shape index (κ2) is 8.80. The van der Waals surface area contributed by atoms with Gasteiger partial charge in [0.2, 0.25) is 0 Å². The maximum absolute atomic E-state index is 13.1. The van der Waals surface area contributed by atoms with E-state index >= 15 is 0 Å². The summed E-state index contributed by atoms with van der Waals surface area (Å²) in [4.78, 5) is 11.4. The first-order chi connectivity index (χ1) is 14.8. The molecule has 3 N–H and O–H groups in total. The van der Waals surface area contributed by atoms with E-state index in [-0.39, 0.29) is 16.4 Å². The quantitative estimate of drug-likeness (QED) is 0.334. The fraction of sp³-hybridized carbons (Fsp3) is 0.261. The van der Waals surface area contributed by atoms with Gasteiger partial charge in [-0.3, -0.25) is 9.52 Å². The number of anilines is 1. The van der Waals surface area contributed by atoms with E-state index in [1.54, 1.807) is 36.4 Å². The number of phenols is 1. The van der Waals surface area contributed by atoms with Crippen LogP contribution in [0.25, 0.3) is 10.8 Å². The highest BCUT2D eigenvalue weighted by atomic mass is 32.2. The number of carboxylic acids is 1. The number of aromatic hydroxyl groups is 1. The van der Waals surface area contributed by atoms with Crippen molar-refractivity contribution in [3.8, 4) is 5.75 Å². The standard InChI is InChI=1S/C23H23NO5S2/c25-22(26)14-30-21-13-20(18-7-3-4-8-19(18)23(21)27)24-31(28,29)17-11-9-16(10-12-17)15-5-1-2-6-15/h3-4,7-13,15,24,27H,1-2,5-6,14H2,(H,25,26). The third-order valence-electron chi connectivity index (χ3n) is 5.59. The van der Waals surface area contributed by atoms with Crippen LogP contribution in [0, 0.1) is 0 Å². The van der Waals surface area contributed by atoms with Crippen LogP contribution in [0.5, 0.6) is 5.75 Å². The predicted octanol–water partition coefficient (Wildman–Crippen LogP) is 5.18. The Bertz CT molecular complexity index is 1220. The van der Waals surface area contributed by atoms with Crippen LogP contribution in [0.4, 0.5) is 5.69 Å². The highest BCUT2D eigenvalue weighted by Crippen LogP contribution is 2.40. The molecule has 0 spiro atoms. The summed E-state index contributed by atoms with van der Waals surface area (Å²) < 4.78 is 28.8. The number of nitrogens with one attached hydrogen (secondary N) is 1. The molecule has 3 aromatic carbocycles. The van der Waals surface area contributed by atoms with E-state index < -0.39 is 16.0 Å². The van der Waals surface area contributed by atoms with Gasteiger partial charge in [0.1, 0.15) is 5.75 Å². The molecule has 6 nitrogen and oxygen atoms in total. The fourth-order valence-corrected chi connectivity index (χ4v) is 5.85. The van der Waals surface area contributed by atoms with Crippen LogP contribution >= 0.6 is 11.8 Å². The number of aliphatic carboxylic acids is 1. The lowest BCUT2D eigenvalue weighted by Crippen LogP contribution is -2.13. The number of phenolic OH excluding ortho intramolecular Hbond substituents is 1. The number of hydrogen-bond acceptors (Lipinski definition) is 5. The molecule has 1 aliphatic rings. The van der Waals surface area contributed by atoms with Crippen LogP contribution in [0.15, 0.2) is 64.4 Å². The molecule has 0 unspecified atom stereocenters. The van der Waals surface area contributed by atoms with E-state index in [1.165, 1.54) is 24.5 Å². The molecule has 0 heterocycles. The fourth-order valence-electron chi connectivity index (χ4n) is 4.05. The molecular formula is C23H23NO5S2. The van der Waals surface area contributed by atoms with Crippen molar-refractivity contribution in [2.24, 2.45) is 0 Å². The predicted molar refractivity (Wildman–Crippen MR) is 122 cm³/mol. The molecular weight excluding hydrogens is 434 g/mol. The minimum absolute atomic E-state index is 0.0642. The molecule has 4 rings (SSSR count). The van der Waals surface area contributed by atoms with Gasteiger partial charge >= 0.3 is 5.97 Å². The highest BCUT2D eigenvalue weighted by molar-refractivity contribution is 8.00. The number of fused-ring (bicyclic) bond motifs is 1. The van der Waals surface area contributed by atoms with Gasteiger partial charge in [-0.05, 0) is 42.5 Å². The zero-order chi connectivity index (χ0) is 22.0. The first-order valence-corrected chi connectivity index (χ1v) is 12.5. The molecule has 0 saturated heterocycles. The number of sulfonamides is 1. The Balaban J connectivity index is 1.67. The van der Waals surface area contributed by atoms with Crippen molar-refractivity contribution >= 4 is 44.2 Å². The molecule has 0 aliphatic heterocycles. The third kappa shape index (κ3) is 4.65. The third-order valence-corrected chi connectivity index (χ3v) is 7.99. The van der Waals surface area contributed by atoms with Gasteiger partial charge in [0.15, 0.2) is 0 Å². The Labute approximate surface area is 185 Å².